The quantitative estimate of drug-likeness (QED) is 0.753. The molecule has 1 aromatic heterocycles. The molecule has 2 aromatic carbocycles. The van der Waals surface area contributed by atoms with Gasteiger partial charge in [0.2, 0.25) is 5.91 Å². The number of nitrogens with zero attached hydrogens (tertiary/aromatic N) is 2. The molecular formula is C17H13F2N3O3. The molecular weight excluding hydrogens is 332 g/mol. The molecule has 0 aliphatic rings. The number of carbonyl (C=O) groups excluding carboxylic acids is 1. The van der Waals surface area contributed by atoms with E-state index in [0.717, 1.165) is 12.1 Å². The Labute approximate surface area is 140 Å². The van der Waals surface area contributed by atoms with Gasteiger partial charge in [0.05, 0.1) is 23.8 Å². The van der Waals surface area contributed by atoms with Crippen LogP contribution in [0.3, 0.4) is 0 Å². The first kappa shape index (κ1) is 16.7. The standard InChI is InChI=1S/C17H13F2N3O3/c18-13-3-1-10(5-14(13)19)7-22-9-20-15-4-2-11(21-16(24)8-23)6-12(15)17(22)25/h1-6,9,23H,7-8H2,(H,21,24). The van der Waals surface area contributed by atoms with Gasteiger partial charge in [-0.3, -0.25) is 14.2 Å². The van der Waals surface area contributed by atoms with Crippen molar-refractivity contribution in [3.63, 3.8) is 0 Å². The number of aliphatic hydroxyl groups excluding tert-OH is 1. The Balaban J connectivity index is 1.98. The highest BCUT2D eigenvalue weighted by molar-refractivity contribution is 5.94. The molecule has 2 N–H and O–H groups in total. The molecule has 0 aliphatic heterocycles. The van der Waals surface area contributed by atoms with Crippen LogP contribution < -0.4 is 10.9 Å². The average Bonchev–Trinajstić information content (AvgIpc) is 2.61. The second-order valence-corrected chi connectivity index (χ2v) is 5.36. The van der Waals surface area contributed by atoms with Crippen LogP contribution in [-0.2, 0) is 11.3 Å². The van der Waals surface area contributed by atoms with Gasteiger partial charge >= 0.3 is 0 Å². The van der Waals surface area contributed by atoms with Gasteiger partial charge < -0.3 is 10.4 Å². The number of hydrogen-bond acceptors (Lipinski definition) is 4. The Morgan fingerprint density at radius 1 is 1.16 bits per heavy atom. The highest BCUT2D eigenvalue weighted by Crippen LogP contribution is 2.15. The number of rotatable bonds is 4. The lowest BCUT2D eigenvalue weighted by Gasteiger charge is -2.09. The number of aromatic nitrogens is 2. The average molecular weight is 345 g/mol. The molecule has 25 heavy (non-hydrogen) atoms. The van der Waals surface area contributed by atoms with Crippen molar-refractivity contribution < 1.29 is 18.7 Å². The van der Waals surface area contributed by atoms with Gasteiger partial charge in [-0.05, 0) is 35.9 Å². The molecule has 0 saturated carbocycles. The van der Waals surface area contributed by atoms with Gasteiger partial charge in [0.1, 0.15) is 6.61 Å². The van der Waals surface area contributed by atoms with Crippen LogP contribution >= 0.6 is 0 Å². The fourth-order valence-electron chi connectivity index (χ4n) is 2.38. The maximum absolute atomic E-state index is 13.3. The van der Waals surface area contributed by atoms with Gasteiger partial charge in [0.15, 0.2) is 11.6 Å². The number of fused-ring (bicyclic) bond motifs is 1. The molecule has 0 fully saturated rings. The zero-order valence-electron chi connectivity index (χ0n) is 12.9. The van der Waals surface area contributed by atoms with E-state index in [1.54, 1.807) is 12.1 Å². The van der Waals surface area contributed by atoms with E-state index in [2.05, 4.69) is 10.3 Å². The van der Waals surface area contributed by atoms with Crippen molar-refractivity contribution in [2.75, 3.05) is 11.9 Å². The molecule has 1 heterocycles. The first-order valence-electron chi connectivity index (χ1n) is 7.32. The molecule has 8 heteroatoms. The monoisotopic (exact) mass is 345 g/mol. The highest BCUT2D eigenvalue weighted by atomic mass is 19.2. The number of halogens is 2. The molecule has 0 saturated heterocycles. The molecule has 1 amide bonds. The van der Waals surface area contributed by atoms with Crippen LogP contribution in [0, 0.1) is 11.6 Å². The first-order chi connectivity index (χ1) is 12.0. The molecule has 0 radical (unpaired) electrons. The summed E-state index contributed by atoms with van der Waals surface area (Å²) in [6.45, 7) is -0.655. The lowest BCUT2D eigenvalue weighted by molar-refractivity contribution is -0.118. The summed E-state index contributed by atoms with van der Waals surface area (Å²) in [4.78, 5) is 28.0. The number of carbonyl (C=O) groups is 1. The molecule has 128 valence electrons. The zero-order valence-corrected chi connectivity index (χ0v) is 12.9. The summed E-state index contributed by atoms with van der Waals surface area (Å²) in [5, 5.41) is 11.5. The van der Waals surface area contributed by atoms with Crippen LogP contribution in [0.5, 0.6) is 0 Å². The minimum atomic E-state index is -0.992. The van der Waals surface area contributed by atoms with Crippen LogP contribution in [0.4, 0.5) is 14.5 Å². The molecule has 0 bridgehead atoms. The second kappa shape index (κ2) is 6.78. The predicted molar refractivity (Wildman–Crippen MR) is 87.2 cm³/mol. The summed E-state index contributed by atoms with van der Waals surface area (Å²) in [6, 6.07) is 7.96. The molecule has 0 aliphatic carbocycles. The topological polar surface area (TPSA) is 84.2 Å². The third kappa shape index (κ3) is 3.53. The maximum Gasteiger partial charge on any atom is 0.261 e. The Kier molecular flexibility index (Phi) is 4.53. The van der Waals surface area contributed by atoms with E-state index in [1.165, 1.54) is 23.0 Å². The number of anilines is 1. The van der Waals surface area contributed by atoms with Gasteiger partial charge in [0.25, 0.3) is 5.56 Å². The van der Waals surface area contributed by atoms with E-state index in [-0.39, 0.29) is 11.9 Å². The lowest BCUT2D eigenvalue weighted by atomic mass is 10.2. The summed E-state index contributed by atoms with van der Waals surface area (Å²) >= 11 is 0. The minimum absolute atomic E-state index is 0.0200. The third-order valence-electron chi connectivity index (χ3n) is 3.59. The van der Waals surface area contributed by atoms with E-state index < -0.39 is 29.7 Å². The molecule has 0 unspecified atom stereocenters. The van der Waals surface area contributed by atoms with Crippen molar-refractivity contribution in [1.82, 2.24) is 9.55 Å². The van der Waals surface area contributed by atoms with E-state index in [4.69, 9.17) is 5.11 Å². The fourth-order valence-corrected chi connectivity index (χ4v) is 2.38. The SMILES string of the molecule is O=C(CO)Nc1ccc2ncn(Cc3ccc(F)c(F)c3)c(=O)c2c1. The Hall–Kier alpha value is -3.13. The number of amides is 1. The van der Waals surface area contributed by atoms with E-state index in [0.29, 0.717) is 16.8 Å². The molecule has 3 rings (SSSR count). The Morgan fingerprint density at radius 3 is 2.68 bits per heavy atom. The van der Waals surface area contributed by atoms with Crippen molar-refractivity contribution in [2.45, 2.75) is 6.54 Å². The van der Waals surface area contributed by atoms with Gasteiger partial charge in [-0.2, -0.15) is 0 Å². The molecule has 6 nitrogen and oxygen atoms in total. The van der Waals surface area contributed by atoms with Crippen LogP contribution in [0.1, 0.15) is 5.56 Å². The van der Waals surface area contributed by atoms with Crippen LogP contribution in [0.15, 0.2) is 47.5 Å². The predicted octanol–water partition coefficient (Wildman–Crippen LogP) is 1.65. The second-order valence-electron chi connectivity index (χ2n) is 5.36. The van der Waals surface area contributed by atoms with Crippen molar-refractivity contribution in [2.24, 2.45) is 0 Å². The number of nitrogens with one attached hydrogen (secondary N) is 1. The summed E-state index contributed by atoms with van der Waals surface area (Å²) in [5.41, 5.74) is 0.784. The van der Waals surface area contributed by atoms with Gasteiger partial charge in [-0.15, -0.1) is 0 Å². The highest BCUT2D eigenvalue weighted by Gasteiger charge is 2.09. The van der Waals surface area contributed by atoms with Crippen LogP contribution in [0.2, 0.25) is 0 Å². The van der Waals surface area contributed by atoms with Crippen molar-refractivity contribution in [1.29, 1.82) is 0 Å². The normalized spacial score (nSPS) is 10.8. The van der Waals surface area contributed by atoms with Crippen molar-refractivity contribution in [3.05, 3.63) is 70.3 Å². The summed E-state index contributed by atoms with van der Waals surface area (Å²) < 4.78 is 27.6. The van der Waals surface area contributed by atoms with E-state index >= 15 is 0 Å². The smallest absolute Gasteiger partial charge is 0.261 e. The fraction of sp³-hybridized carbons (Fsp3) is 0.118. The van der Waals surface area contributed by atoms with Crippen molar-refractivity contribution in [3.8, 4) is 0 Å². The third-order valence-corrected chi connectivity index (χ3v) is 3.59. The first-order valence-corrected chi connectivity index (χ1v) is 7.32. The Morgan fingerprint density at radius 2 is 1.96 bits per heavy atom. The maximum atomic E-state index is 13.3. The summed E-state index contributed by atoms with van der Waals surface area (Å²) in [7, 11) is 0. The summed E-state index contributed by atoms with van der Waals surface area (Å²) in [5.74, 6) is -2.56. The van der Waals surface area contributed by atoms with E-state index in [9.17, 15) is 18.4 Å². The number of hydrogen-bond donors (Lipinski definition) is 2. The largest absolute Gasteiger partial charge is 0.387 e. The zero-order chi connectivity index (χ0) is 18.0. The van der Waals surface area contributed by atoms with Gasteiger partial charge in [-0.1, -0.05) is 6.07 Å². The molecule has 0 spiro atoms. The van der Waals surface area contributed by atoms with Crippen LogP contribution in [0.25, 0.3) is 10.9 Å². The van der Waals surface area contributed by atoms with Crippen LogP contribution in [-0.4, -0.2) is 27.2 Å². The molecule has 3 aromatic rings. The Bertz CT molecular complexity index is 1020. The summed E-state index contributed by atoms with van der Waals surface area (Å²) in [6.07, 6.45) is 1.32. The van der Waals surface area contributed by atoms with Gasteiger partial charge in [0, 0.05) is 5.69 Å². The lowest BCUT2D eigenvalue weighted by Crippen LogP contribution is -2.22. The van der Waals surface area contributed by atoms with Crippen molar-refractivity contribution >= 4 is 22.5 Å². The van der Waals surface area contributed by atoms with Gasteiger partial charge in [-0.25, -0.2) is 13.8 Å². The number of aliphatic hydroxyl groups is 1. The number of benzene rings is 2. The van der Waals surface area contributed by atoms with E-state index in [1.807, 2.05) is 0 Å². The minimum Gasteiger partial charge on any atom is -0.387 e. The molecule has 0 atom stereocenters.